The highest BCUT2D eigenvalue weighted by Crippen LogP contribution is 2.52. The number of nitrogens with one attached hydrogen (secondary N) is 1. The van der Waals surface area contributed by atoms with Crippen LogP contribution in [0.4, 0.5) is 0 Å². The number of aromatic carboxylic acids is 1. The lowest BCUT2D eigenvalue weighted by molar-refractivity contribution is -0.0593. The molecule has 0 spiro atoms. The Bertz CT molecular complexity index is 1170. The average Bonchev–Trinajstić information content (AvgIpc) is 3.38. The first-order chi connectivity index (χ1) is 16.0. The van der Waals surface area contributed by atoms with Gasteiger partial charge in [0.1, 0.15) is 5.75 Å². The van der Waals surface area contributed by atoms with Crippen molar-refractivity contribution in [1.82, 2.24) is 9.88 Å². The number of rotatable bonds is 7. The normalized spacial score (nSPS) is 24.9. The monoisotopic (exact) mass is 448 g/mol. The zero-order chi connectivity index (χ0) is 23.2. The Morgan fingerprint density at radius 3 is 2.76 bits per heavy atom. The average molecular weight is 449 g/mol. The van der Waals surface area contributed by atoms with Crippen LogP contribution in [0.2, 0.25) is 0 Å². The summed E-state index contributed by atoms with van der Waals surface area (Å²) in [7, 11) is 1.74. The Morgan fingerprint density at radius 2 is 2.06 bits per heavy atom. The number of aromatic amines is 1. The standard InChI is InChI=1S/C27H32N2O4/c1-4-33-21-14-20-9-11-27(15-21,19-7-5-18(6-8-19)26(30)31)29(20)16-23-22-10-12-28-25(22)17(2)13-24(23)32-3/h5-8,10,12-13,20-21,28H,4,9,11,14-16H2,1-3H3,(H,30,31)/t20-,21+,27?/m1/s1. The minimum Gasteiger partial charge on any atom is -0.496 e. The number of fused-ring (bicyclic) bond motifs is 3. The van der Waals surface area contributed by atoms with Crippen LogP contribution in [-0.2, 0) is 16.8 Å². The van der Waals surface area contributed by atoms with E-state index in [9.17, 15) is 9.90 Å². The zero-order valence-corrected chi connectivity index (χ0v) is 19.6. The summed E-state index contributed by atoms with van der Waals surface area (Å²) >= 11 is 0. The van der Waals surface area contributed by atoms with Crippen LogP contribution in [0, 0.1) is 6.92 Å². The Labute approximate surface area is 194 Å². The number of carboxylic acid groups (broad SMARTS) is 1. The van der Waals surface area contributed by atoms with E-state index >= 15 is 0 Å². The SMILES string of the molecule is CCO[C@H]1C[C@H]2CCC(c3ccc(C(=O)O)cc3)(C1)N2Cc1c(OC)cc(C)c2[nH]ccc12. The van der Waals surface area contributed by atoms with Gasteiger partial charge in [0.2, 0.25) is 0 Å². The molecule has 2 aromatic carbocycles. The number of aromatic nitrogens is 1. The molecule has 0 amide bonds. The van der Waals surface area contributed by atoms with E-state index in [4.69, 9.17) is 9.47 Å². The first-order valence-electron chi connectivity index (χ1n) is 11.8. The highest BCUT2D eigenvalue weighted by molar-refractivity contribution is 5.88. The van der Waals surface area contributed by atoms with Crippen LogP contribution in [0.25, 0.3) is 10.9 Å². The maximum absolute atomic E-state index is 11.4. The van der Waals surface area contributed by atoms with Gasteiger partial charge in [-0.05, 0) is 74.9 Å². The van der Waals surface area contributed by atoms with Crippen molar-refractivity contribution >= 4 is 16.9 Å². The number of H-pyrrole nitrogens is 1. The van der Waals surface area contributed by atoms with Gasteiger partial charge in [-0.25, -0.2) is 4.79 Å². The molecule has 6 nitrogen and oxygen atoms in total. The third kappa shape index (κ3) is 3.62. The lowest BCUT2D eigenvalue weighted by Crippen LogP contribution is -2.52. The first-order valence-corrected chi connectivity index (χ1v) is 11.8. The number of benzene rings is 2. The van der Waals surface area contributed by atoms with Crippen molar-refractivity contribution in [2.45, 2.75) is 63.8 Å². The van der Waals surface area contributed by atoms with Crippen LogP contribution in [0.15, 0.2) is 42.6 Å². The van der Waals surface area contributed by atoms with Crippen LogP contribution in [0.3, 0.4) is 0 Å². The zero-order valence-electron chi connectivity index (χ0n) is 19.6. The predicted octanol–water partition coefficient (Wildman–Crippen LogP) is 5.24. The van der Waals surface area contributed by atoms with Crippen LogP contribution >= 0.6 is 0 Å². The number of nitrogens with zero attached hydrogens (tertiary/aromatic N) is 1. The molecule has 5 rings (SSSR count). The van der Waals surface area contributed by atoms with Crippen LogP contribution in [0.1, 0.15) is 59.7 Å². The quantitative estimate of drug-likeness (QED) is 0.517. The molecule has 0 radical (unpaired) electrons. The molecule has 2 aliphatic rings. The second kappa shape index (κ2) is 8.50. The molecule has 2 N–H and O–H groups in total. The molecule has 6 heteroatoms. The van der Waals surface area contributed by atoms with E-state index in [1.54, 1.807) is 19.2 Å². The van der Waals surface area contributed by atoms with Crippen LogP contribution < -0.4 is 4.74 Å². The third-order valence-electron chi connectivity index (χ3n) is 7.71. The van der Waals surface area contributed by atoms with Crippen LogP contribution in [0.5, 0.6) is 5.75 Å². The minimum atomic E-state index is -0.893. The topological polar surface area (TPSA) is 74.8 Å². The molecule has 174 valence electrons. The molecule has 3 atom stereocenters. The lowest BCUT2D eigenvalue weighted by Gasteiger charge is -2.48. The number of aryl methyl sites for hydroxylation is 1. The molecule has 2 bridgehead atoms. The Hall–Kier alpha value is -2.83. The fourth-order valence-corrected chi connectivity index (χ4v) is 6.23. The first kappa shape index (κ1) is 22.0. The van der Waals surface area contributed by atoms with E-state index in [1.807, 2.05) is 18.3 Å². The second-order valence-corrected chi connectivity index (χ2v) is 9.39. The second-order valence-electron chi connectivity index (χ2n) is 9.39. The predicted molar refractivity (Wildman–Crippen MR) is 128 cm³/mol. The summed E-state index contributed by atoms with van der Waals surface area (Å²) in [6, 6.07) is 12.2. The van der Waals surface area contributed by atoms with E-state index in [0.717, 1.165) is 43.5 Å². The third-order valence-corrected chi connectivity index (χ3v) is 7.71. The highest BCUT2D eigenvalue weighted by Gasteiger charge is 2.53. The molecule has 33 heavy (non-hydrogen) atoms. The summed E-state index contributed by atoms with van der Waals surface area (Å²) in [6.07, 6.45) is 6.29. The van der Waals surface area contributed by atoms with Crippen molar-refractivity contribution in [2.24, 2.45) is 0 Å². The molecule has 2 fully saturated rings. The van der Waals surface area contributed by atoms with Gasteiger partial charge in [-0.15, -0.1) is 0 Å². The number of hydrogen-bond donors (Lipinski definition) is 2. The molecule has 1 unspecified atom stereocenters. The van der Waals surface area contributed by atoms with Gasteiger partial charge in [-0.1, -0.05) is 12.1 Å². The number of ether oxygens (including phenoxy) is 2. The fraction of sp³-hybridized carbons (Fsp3) is 0.444. The van der Waals surface area contributed by atoms with Crippen LogP contribution in [-0.4, -0.2) is 46.8 Å². The minimum absolute atomic E-state index is 0.182. The van der Waals surface area contributed by atoms with Crippen molar-refractivity contribution in [3.8, 4) is 5.75 Å². The number of carbonyl (C=O) groups is 1. The molecular weight excluding hydrogens is 416 g/mol. The summed E-state index contributed by atoms with van der Waals surface area (Å²) < 4.78 is 12.0. The number of hydrogen-bond acceptors (Lipinski definition) is 4. The van der Waals surface area contributed by atoms with Crippen molar-refractivity contribution in [2.75, 3.05) is 13.7 Å². The van der Waals surface area contributed by atoms with E-state index in [1.165, 1.54) is 22.1 Å². The van der Waals surface area contributed by atoms with Crippen molar-refractivity contribution in [3.63, 3.8) is 0 Å². The Balaban J connectivity index is 1.59. The maximum Gasteiger partial charge on any atom is 0.335 e. The Kier molecular flexibility index (Phi) is 5.67. The molecule has 0 saturated carbocycles. The molecule has 3 aromatic rings. The van der Waals surface area contributed by atoms with Crippen molar-refractivity contribution in [1.29, 1.82) is 0 Å². The number of carboxylic acids is 1. The number of piperidine rings is 1. The van der Waals surface area contributed by atoms with Gasteiger partial charge in [-0.2, -0.15) is 0 Å². The largest absolute Gasteiger partial charge is 0.496 e. The van der Waals surface area contributed by atoms with E-state index < -0.39 is 5.97 Å². The highest BCUT2D eigenvalue weighted by atomic mass is 16.5. The number of methoxy groups -OCH3 is 1. The van der Waals surface area contributed by atoms with E-state index in [2.05, 4.69) is 35.9 Å². The molecule has 2 saturated heterocycles. The summed E-state index contributed by atoms with van der Waals surface area (Å²) in [4.78, 5) is 17.5. The Morgan fingerprint density at radius 1 is 1.27 bits per heavy atom. The summed E-state index contributed by atoms with van der Waals surface area (Å²) in [6.45, 7) is 5.65. The molecule has 3 heterocycles. The molecular formula is C27H32N2O4. The molecule has 0 aliphatic carbocycles. The lowest BCUT2D eigenvalue weighted by atomic mass is 9.79. The van der Waals surface area contributed by atoms with Gasteiger partial charge < -0.3 is 19.6 Å². The van der Waals surface area contributed by atoms with Crippen molar-refractivity contribution in [3.05, 3.63) is 64.8 Å². The van der Waals surface area contributed by atoms with E-state index in [-0.39, 0.29) is 11.6 Å². The van der Waals surface area contributed by atoms with Gasteiger partial charge in [0, 0.05) is 47.4 Å². The summed E-state index contributed by atoms with van der Waals surface area (Å²) in [5.74, 6) is 0.0255. The summed E-state index contributed by atoms with van der Waals surface area (Å²) in [5.41, 5.74) is 4.85. The smallest absolute Gasteiger partial charge is 0.335 e. The van der Waals surface area contributed by atoms with Gasteiger partial charge in [0.25, 0.3) is 0 Å². The van der Waals surface area contributed by atoms with Gasteiger partial charge in [0.05, 0.1) is 18.8 Å². The van der Waals surface area contributed by atoms with Gasteiger partial charge >= 0.3 is 5.97 Å². The van der Waals surface area contributed by atoms with E-state index in [0.29, 0.717) is 18.2 Å². The van der Waals surface area contributed by atoms with Crippen molar-refractivity contribution < 1.29 is 19.4 Å². The summed E-state index contributed by atoms with van der Waals surface area (Å²) in [5, 5.41) is 10.6. The molecule has 2 aliphatic heterocycles. The maximum atomic E-state index is 11.4. The van der Waals surface area contributed by atoms with Gasteiger partial charge in [-0.3, -0.25) is 4.90 Å². The van der Waals surface area contributed by atoms with Gasteiger partial charge in [0.15, 0.2) is 0 Å². The fourth-order valence-electron chi connectivity index (χ4n) is 6.23. The molecule has 1 aromatic heterocycles.